The number of fused-ring (bicyclic) bond motifs is 5. The molecule has 0 bridgehead atoms. The first-order valence-corrected chi connectivity index (χ1v) is 12.6. The molecule has 1 unspecified atom stereocenters. The minimum Gasteiger partial charge on any atom is -0.232 e. The minimum atomic E-state index is 0.699. The van der Waals surface area contributed by atoms with Crippen LogP contribution in [0.1, 0.15) is 11.1 Å². The quantitative estimate of drug-likeness (QED) is 0.219. The van der Waals surface area contributed by atoms with Crippen molar-refractivity contribution in [1.82, 2.24) is 4.57 Å². The summed E-state index contributed by atoms with van der Waals surface area (Å²) in [6.45, 7) is 2.23. The van der Waals surface area contributed by atoms with Gasteiger partial charge < -0.3 is 0 Å². The van der Waals surface area contributed by atoms with Crippen molar-refractivity contribution in [3.05, 3.63) is 115 Å². The van der Waals surface area contributed by atoms with Gasteiger partial charge in [-0.3, -0.25) is 0 Å². The van der Waals surface area contributed by atoms with E-state index in [-0.39, 0.29) is 0 Å². The third kappa shape index (κ3) is 3.43. The normalized spacial score (nSPS) is 13.0. The lowest BCUT2D eigenvalue weighted by atomic mass is 9.96. The molecule has 0 saturated carbocycles. The maximum absolute atomic E-state index is 2.42. The van der Waals surface area contributed by atoms with Crippen LogP contribution < -0.4 is 9.87 Å². The van der Waals surface area contributed by atoms with Gasteiger partial charge in [0.15, 0.2) is 0 Å². The molecule has 1 aliphatic heterocycles. The first-order chi connectivity index (χ1) is 16.2. The van der Waals surface area contributed by atoms with E-state index in [1.807, 2.05) is 0 Å². The number of aromatic nitrogens is 2. The highest BCUT2D eigenvalue weighted by atomic mass is 31.1. The van der Waals surface area contributed by atoms with Crippen LogP contribution in [-0.2, 0) is 13.2 Å². The van der Waals surface area contributed by atoms with Crippen molar-refractivity contribution in [1.29, 1.82) is 0 Å². The summed E-state index contributed by atoms with van der Waals surface area (Å²) in [5.74, 6) is 1.25. The van der Waals surface area contributed by atoms with Crippen LogP contribution in [0.15, 0.2) is 103 Å². The second-order valence-electron chi connectivity index (χ2n) is 8.72. The Bertz CT molecular complexity index is 1470. The van der Waals surface area contributed by atoms with Gasteiger partial charge in [-0.05, 0) is 53.0 Å². The van der Waals surface area contributed by atoms with Gasteiger partial charge in [-0.1, -0.05) is 87.4 Å². The Morgan fingerprint density at radius 1 is 0.788 bits per heavy atom. The summed E-state index contributed by atoms with van der Waals surface area (Å²) >= 11 is 0. The number of aryl methyl sites for hydroxylation is 2. The largest absolute Gasteiger partial charge is 0.294 e. The van der Waals surface area contributed by atoms with Crippen LogP contribution in [0.3, 0.4) is 0 Å². The number of benzene rings is 4. The van der Waals surface area contributed by atoms with Crippen LogP contribution in [0.25, 0.3) is 39.3 Å². The molecule has 1 atom stereocenters. The highest BCUT2D eigenvalue weighted by Gasteiger charge is 2.30. The Morgan fingerprint density at radius 3 is 2.27 bits per heavy atom. The van der Waals surface area contributed by atoms with E-state index in [0.717, 1.165) is 6.16 Å². The van der Waals surface area contributed by atoms with Gasteiger partial charge in [0.05, 0.1) is 12.6 Å². The molecule has 33 heavy (non-hydrogen) atoms. The summed E-state index contributed by atoms with van der Waals surface area (Å²) in [5.41, 5.74) is 10.5. The Labute approximate surface area is 197 Å². The summed E-state index contributed by atoms with van der Waals surface area (Å²) in [5, 5.41) is 1.42. The molecule has 2 nitrogen and oxygen atoms in total. The Balaban J connectivity index is 1.70. The number of nitrogens with zero attached hydrogens (tertiary/aromatic N) is 2. The predicted molar refractivity (Wildman–Crippen MR) is 140 cm³/mol. The van der Waals surface area contributed by atoms with E-state index in [9.17, 15) is 0 Å². The standard InChI is InChI=1S/C30H26N2P/c1-21-10-9-15-24-20-33-27-19-25(22-11-5-3-6-12-22)18-26(23-13-7-4-8-14-23)29(27)32-17-16-31(2)30(32)28(21)24/h3-19,33H,20H2,1-2H3/q+1. The molecule has 0 N–H and O–H groups in total. The average molecular weight is 446 g/mol. The molecule has 1 aliphatic rings. The van der Waals surface area contributed by atoms with E-state index in [1.54, 1.807) is 0 Å². The van der Waals surface area contributed by atoms with Crippen LogP contribution in [-0.4, -0.2) is 4.57 Å². The van der Waals surface area contributed by atoms with Crippen LogP contribution in [0.2, 0.25) is 0 Å². The number of rotatable bonds is 2. The molecule has 0 aliphatic carbocycles. The molecular weight excluding hydrogens is 419 g/mol. The lowest BCUT2D eigenvalue weighted by Crippen LogP contribution is -2.30. The molecule has 0 radical (unpaired) electrons. The molecule has 5 aromatic rings. The van der Waals surface area contributed by atoms with Crippen molar-refractivity contribution in [2.45, 2.75) is 13.1 Å². The van der Waals surface area contributed by atoms with Gasteiger partial charge in [-0.15, -0.1) is 0 Å². The van der Waals surface area contributed by atoms with Gasteiger partial charge in [-0.2, -0.15) is 4.57 Å². The average Bonchev–Trinajstić information content (AvgIpc) is 3.22. The third-order valence-corrected chi connectivity index (χ3v) is 7.92. The van der Waals surface area contributed by atoms with E-state index < -0.39 is 0 Å². The molecule has 2 heterocycles. The zero-order valence-corrected chi connectivity index (χ0v) is 19.9. The van der Waals surface area contributed by atoms with Gasteiger partial charge in [0.1, 0.15) is 18.1 Å². The zero-order chi connectivity index (χ0) is 22.4. The van der Waals surface area contributed by atoms with E-state index in [1.165, 1.54) is 55.8 Å². The van der Waals surface area contributed by atoms with Crippen molar-refractivity contribution in [3.8, 4) is 39.3 Å². The van der Waals surface area contributed by atoms with Gasteiger partial charge in [0.25, 0.3) is 5.82 Å². The number of hydrogen-bond acceptors (Lipinski definition) is 0. The SMILES string of the molecule is Cc1cccc2c1-c1n(cc[n+]1C)-c1c(cc(-c3ccccc3)cc1-c1ccccc1)PC2. The van der Waals surface area contributed by atoms with Crippen molar-refractivity contribution in [2.75, 3.05) is 0 Å². The second kappa shape index (κ2) is 8.14. The molecule has 1 aromatic heterocycles. The predicted octanol–water partition coefficient (Wildman–Crippen LogP) is 6.43. The summed E-state index contributed by atoms with van der Waals surface area (Å²) in [6.07, 6.45) is 5.47. The number of imidazole rings is 1. The highest BCUT2D eigenvalue weighted by molar-refractivity contribution is 7.46. The first kappa shape index (κ1) is 20.1. The summed E-state index contributed by atoms with van der Waals surface area (Å²) < 4.78 is 4.69. The first-order valence-electron chi connectivity index (χ1n) is 11.4. The molecule has 0 spiro atoms. The lowest BCUT2D eigenvalue weighted by Gasteiger charge is -2.20. The molecule has 6 rings (SSSR count). The molecule has 0 amide bonds. The molecule has 0 fully saturated rings. The Kier molecular flexibility index (Phi) is 4.97. The fourth-order valence-corrected chi connectivity index (χ4v) is 6.36. The molecule has 4 aromatic carbocycles. The Morgan fingerprint density at radius 2 is 1.52 bits per heavy atom. The van der Waals surface area contributed by atoms with E-state index in [2.05, 4.69) is 126 Å². The maximum Gasteiger partial charge on any atom is 0.294 e. The third-order valence-electron chi connectivity index (χ3n) is 6.60. The van der Waals surface area contributed by atoms with Crippen molar-refractivity contribution in [3.63, 3.8) is 0 Å². The smallest absolute Gasteiger partial charge is 0.232 e. The molecule has 160 valence electrons. The lowest BCUT2D eigenvalue weighted by molar-refractivity contribution is -0.659. The van der Waals surface area contributed by atoms with Crippen LogP contribution in [0, 0.1) is 6.92 Å². The van der Waals surface area contributed by atoms with Gasteiger partial charge in [-0.25, -0.2) is 4.57 Å². The fraction of sp³-hybridized carbons (Fsp3) is 0.100. The zero-order valence-electron chi connectivity index (χ0n) is 18.9. The maximum atomic E-state index is 2.42. The van der Waals surface area contributed by atoms with Crippen molar-refractivity contribution in [2.24, 2.45) is 7.05 Å². The number of hydrogen-bond donors (Lipinski definition) is 0. The van der Waals surface area contributed by atoms with E-state index >= 15 is 0 Å². The summed E-state index contributed by atoms with van der Waals surface area (Å²) in [6, 6.07) is 33.1. The fourth-order valence-electron chi connectivity index (χ4n) is 5.01. The topological polar surface area (TPSA) is 8.81 Å². The molecule has 0 saturated heterocycles. The highest BCUT2D eigenvalue weighted by Crippen LogP contribution is 2.40. The van der Waals surface area contributed by atoms with Crippen molar-refractivity contribution < 1.29 is 4.57 Å². The summed E-state index contributed by atoms with van der Waals surface area (Å²) in [7, 11) is 2.86. The minimum absolute atomic E-state index is 0.699. The van der Waals surface area contributed by atoms with E-state index in [0.29, 0.717) is 8.58 Å². The molecular formula is C30H26N2P+. The van der Waals surface area contributed by atoms with Gasteiger partial charge in [0.2, 0.25) is 0 Å². The van der Waals surface area contributed by atoms with Crippen LogP contribution in [0.4, 0.5) is 0 Å². The van der Waals surface area contributed by atoms with Crippen LogP contribution in [0.5, 0.6) is 0 Å². The van der Waals surface area contributed by atoms with E-state index in [4.69, 9.17) is 0 Å². The second-order valence-corrected chi connectivity index (χ2v) is 9.96. The Hall–Kier alpha value is -3.48. The van der Waals surface area contributed by atoms with Gasteiger partial charge in [0, 0.05) is 10.9 Å². The monoisotopic (exact) mass is 445 g/mol. The van der Waals surface area contributed by atoms with Crippen molar-refractivity contribution >= 4 is 13.9 Å². The molecule has 3 heteroatoms. The van der Waals surface area contributed by atoms with Crippen LogP contribution >= 0.6 is 8.58 Å². The summed E-state index contributed by atoms with van der Waals surface area (Å²) in [4.78, 5) is 0. The van der Waals surface area contributed by atoms with Gasteiger partial charge >= 0.3 is 0 Å².